The standard InChI is InChI=1S/C17H19ClN4O2S/c1-10-15(19-8-12(18)16(10)22(2)3)9-25(23)17-20-13-6-5-11(24-4)7-14(13)21-17/h5-8H,9H2,1-4H3,(H,20,21). The summed E-state index contributed by atoms with van der Waals surface area (Å²) in [6.07, 6.45) is 1.60. The van der Waals surface area contributed by atoms with Crippen LogP contribution in [-0.4, -0.2) is 40.4 Å². The van der Waals surface area contributed by atoms with Crippen LogP contribution in [0.2, 0.25) is 5.02 Å². The Labute approximate surface area is 153 Å². The molecule has 0 radical (unpaired) electrons. The van der Waals surface area contributed by atoms with Crippen molar-refractivity contribution in [2.75, 3.05) is 26.1 Å². The third kappa shape index (κ3) is 3.48. The lowest BCUT2D eigenvalue weighted by atomic mass is 10.2. The molecule has 2 heterocycles. The van der Waals surface area contributed by atoms with Gasteiger partial charge in [-0.15, -0.1) is 0 Å². The van der Waals surface area contributed by atoms with E-state index in [9.17, 15) is 4.21 Å². The van der Waals surface area contributed by atoms with Crippen molar-refractivity contribution < 1.29 is 8.95 Å². The van der Waals surface area contributed by atoms with Gasteiger partial charge in [0.05, 0.1) is 51.1 Å². The van der Waals surface area contributed by atoms with Gasteiger partial charge in [-0.2, -0.15) is 0 Å². The minimum absolute atomic E-state index is 0.265. The second kappa shape index (κ2) is 7.01. The van der Waals surface area contributed by atoms with Crippen LogP contribution in [0, 0.1) is 6.92 Å². The predicted molar refractivity (Wildman–Crippen MR) is 101 cm³/mol. The summed E-state index contributed by atoms with van der Waals surface area (Å²) >= 11 is 6.22. The maximum Gasteiger partial charge on any atom is 0.197 e. The van der Waals surface area contributed by atoms with Gasteiger partial charge in [-0.05, 0) is 24.6 Å². The molecule has 6 nitrogen and oxygen atoms in total. The molecule has 1 unspecified atom stereocenters. The van der Waals surface area contributed by atoms with E-state index in [4.69, 9.17) is 16.3 Å². The minimum atomic E-state index is -1.35. The zero-order valence-corrected chi connectivity index (χ0v) is 16.0. The lowest BCUT2D eigenvalue weighted by molar-refractivity contribution is 0.415. The average molecular weight is 379 g/mol. The Kier molecular flexibility index (Phi) is 4.96. The third-order valence-electron chi connectivity index (χ3n) is 3.95. The number of hydrogen-bond acceptors (Lipinski definition) is 5. The first-order chi connectivity index (χ1) is 11.9. The summed E-state index contributed by atoms with van der Waals surface area (Å²) in [5.74, 6) is 0.986. The van der Waals surface area contributed by atoms with Crippen molar-refractivity contribution in [3.63, 3.8) is 0 Å². The fourth-order valence-electron chi connectivity index (χ4n) is 2.70. The SMILES string of the molecule is COc1ccc2nc(S(=O)Cc3ncc(Cl)c(N(C)C)c3C)[nH]c2c1. The molecule has 0 aliphatic carbocycles. The van der Waals surface area contributed by atoms with Gasteiger partial charge in [0.25, 0.3) is 0 Å². The summed E-state index contributed by atoms with van der Waals surface area (Å²) in [6, 6.07) is 5.49. The van der Waals surface area contributed by atoms with Crippen LogP contribution in [0.15, 0.2) is 29.6 Å². The number of halogens is 1. The molecule has 0 fully saturated rings. The number of aromatic amines is 1. The topological polar surface area (TPSA) is 71.1 Å². The zero-order chi connectivity index (χ0) is 18.1. The first-order valence-electron chi connectivity index (χ1n) is 7.64. The number of ether oxygens (including phenoxy) is 1. The molecule has 0 aliphatic rings. The molecule has 0 bridgehead atoms. The quantitative estimate of drug-likeness (QED) is 0.737. The van der Waals surface area contributed by atoms with Gasteiger partial charge < -0.3 is 14.6 Å². The number of benzene rings is 1. The number of H-pyrrole nitrogens is 1. The van der Waals surface area contributed by atoms with E-state index in [-0.39, 0.29) is 5.75 Å². The smallest absolute Gasteiger partial charge is 0.197 e. The number of fused-ring (bicyclic) bond motifs is 1. The molecular weight excluding hydrogens is 360 g/mol. The summed E-state index contributed by atoms with van der Waals surface area (Å²) in [5, 5.41) is 0.999. The van der Waals surface area contributed by atoms with Crippen molar-refractivity contribution in [3.05, 3.63) is 40.7 Å². The molecule has 0 aliphatic heterocycles. The van der Waals surface area contributed by atoms with E-state index in [0.29, 0.717) is 10.2 Å². The van der Waals surface area contributed by atoms with Crippen molar-refractivity contribution in [1.82, 2.24) is 15.0 Å². The Balaban J connectivity index is 1.91. The van der Waals surface area contributed by atoms with Crippen molar-refractivity contribution in [1.29, 1.82) is 0 Å². The number of hydrogen-bond donors (Lipinski definition) is 1. The van der Waals surface area contributed by atoms with Gasteiger partial charge in [-0.3, -0.25) is 9.19 Å². The van der Waals surface area contributed by atoms with Crippen LogP contribution in [0.5, 0.6) is 5.75 Å². The highest BCUT2D eigenvalue weighted by Crippen LogP contribution is 2.30. The molecule has 3 aromatic rings. The van der Waals surface area contributed by atoms with Crippen LogP contribution in [0.3, 0.4) is 0 Å². The Bertz CT molecular complexity index is 955. The molecule has 1 atom stereocenters. The largest absolute Gasteiger partial charge is 0.497 e. The summed E-state index contributed by atoms with van der Waals surface area (Å²) in [4.78, 5) is 13.8. The zero-order valence-electron chi connectivity index (χ0n) is 14.5. The molecule has 1 aromatic carbocycles. The lowest BCUT2D eigenvalue weighted by Crippen LogP contribution is -2.13. The van der Waals surface area contributed by atoms with Gasteiger partial charge in [0.1, 0.15) is 5.75 Å². The second-order valence-electron chi connectivity index (χ2n) is 5.84. The first-order valence-corrected chi connectivity index (χ1v) is 9.34. The van der Waals surface area contributed by atoms with E-state index < -0.39 is 10.8 Å². The number of imidazole rings is 1. The molecule has 8 heteroatoms. The number of nitrogens with zero attached hydrogens (tertiary/aromatic N) is 3. The van der Waals surface area contributed by atoms with Crippen LogP contribution < -0.4 is 9.64 Å². The fraction of sp³-hybridized carbons (Fsp3) is 0.294. The summed E-state index contributed by atoms with van der Waals surface area (Å²) in [7, 11) is 4.10. The van der Waals surface area contributed by atoms with Gasteiger partial charge in [-0.25, -0.2) is 4.98 Å². The number of rotatable bonds is 5. The second-order valence-corrected chi connectivity index (χ2v) is 7.61. The van der Waals surface area contributed by atoms with Crippen LogP contribution in [0.25, 0.3) is 11.0 Å². The molecular formula is C17H19ClN4O2S. The third-order valence-corrected chi connectivity index (χ3v) is 5.38. The molecule has 0 saturated carbocycles. The molecule has 0 amide bonds. The van der Waals surface area contributed by atoms with Crippen molar-refractivity contribution in [2.45, 2.75) is 17.8 Å². The fourth-order valence-corrected chi connectivity index (χ4v) is 4.16. The van der Waals surface area contributed by atoms with Crippen LogP contribution in [-0.2, 0) is 16.6 Å². The number of aromatic nitrogens is 3. The molecule has 25 heavy (non-hydrogen) atoms. The number of methoxy groups -OCH3 is 1. The number of anilines is 1. The van der Waals surface area contributed by atoms with Gasteiger partial charge in [0, 0.05) is 26.4 Å². The number of nitrogens with one attached hydrogen (secondary N) is 1. The summed E-state index contributed by atoms with van der Waals surface area (Å²) in [5.41, 5.74) is 4.09. The van der Waals surface area contributed by atoms with Gasteiger partial charge in [0.15, 0.2) is 5.16 Å². The van der Waals surface area contributed by atoms with Crippen molar-refractivity contribution >= 4 is 39.1 Å². The van der Waals surface area contributed by atoms with Gasteiger partial charge >= 0.3 is 0 Å². The summed E-state index contributed by atoms with van der Waals surface area (Å²) < 4.78 is 18.0. The highest BCUT2D eigenvalue weighted by Gasteiger charge is 2.17. The molecule has 2 aromatic heterocycles. The normalized spacial score (nSPS) is 12.4. The molecule has 132 valence electrons. The Morgan fingerprint density at radius 1 is 1.36 bits per heavy atom. The van der Waals surface area contributed by atoms with E-state index in [1.807, 2.05) is 44.1 Å². The van der Waals surface area contributed by atoms with Crippen molar-refractivity contribution in [2.24, 2.45) is 0 Å². The minimum Gasteiger partial charge on any atom is -0.497 e. The maximum absolute atomic E-state index is 12.8. The highest BCUT2D eigenvalue weighted by molar-refractivity contribution is 7.84. The van der Waals surface area contributed by atoms with E-state index in [2.05, 4.69) is 15.0 Å². The van der Waals surface area contributed by atoms with Crippen LogP contribution in [0.1, 0.15) is 11.3 Å². The molecule has 1 N–H and O–H groups in total. The van der Waals surface area contributed by atoms with E-state index in [1.165, 1.54) is 0 Å². The van der Waals surface area contributed by atoms with Gasteiger partial charge in [-0.1, -0.05) is 11.6 Å². The average Bonchev–Trinajstić information content (AvgIpc) is 3.00. The molecule has 0 saturated heterocycles. The molecule has 3 rings (SSSR count). The first kappa shape index (κ1) is 17.7. The van der Waals surface area contributed by atoms with Crippen LogP contribution >= 0.6 is 11.6 Å². The van der Waals surface area contributed by atoms with Gasteiger partial charge in [0.2, 0.25) is 0 Å². The van der Waals surface area contributed by atoms with Crippen molar-refractivity contribution in [3.8, 4) is 5.75 Å². The van der Waals surface area contributed by atoms with Crippen LogP contribution in [0.4, 0.5) is 5.69 Å². The Morgan fingerprint density at radius 2 is 2.12 bits per heavy atom. The Morgan fingerprint density at radius 3 is 2.80 bits per heavy atom. The van der Waals surface area contributed by atoms with E-state index in [1.54, 1.807) is 13.3 Å². The monoisotopic (exact) mass is 378 g/mol. The highest BCUT2D eigenvalue weighted by atomic mass is 35.5. The molecule has 0 spiro atoms. The van der Waals surface area contributed by atoms with E-state index >= 15 is 0 Å². The van der Waals surface area contributed by atoms with E-state index in [0.717, 1.165) is 33.7 Å². The number of pyridine rings is 1. The summed E-state index contributed by atoms with van der Waals surface area (Å²) in [6.45, 7) is 1.93. The lowest BCUT2D eigenvalue weighted by Gasteiger charge is -2.19. The maximum atomic E-state index is 12.8. The predicted octanol–water partition coefficient (Wildman–Crippen LogP) is 3.30. The Hall–Kier alpha value is -2.12.